The quantitative estimate of drug-likeness (QED) is 0.523. The van der Waals surface area contributed by atoms with E-state index in [9.17, 15) is 5.11 Å². The molecule has 0 saturated heterocycles. The summed E-state index contributed by atoms with van der Waals surface area (Å²) in [4.78, 5) is 6.93. The molecule has 1 N–H and O–H groups in total. The van der Waals surface area contributed by atoms with Crippen LogP contribution in [-0.4, -0.2) is 35.5 Å². The van der Waals surface area contributed by atoms with Crippen LogP contribution < -0.4 is 0 Å². The van der Waals surface area contributed by atoms with Gasteiger partial charge in [0, 0.05) is 13.1 Å². The maximum Gasteiger partial charge on any atom is 0.134 e. The Bertz CT molecular complexity index is 498. The molecule has 0 aromatic heterocycles. The Morgan fingerprint density at radius 3 is 2.21 bits per heavy atom. The fourth-order valence-corrected chi connectivity index (χ4v) is 3.41. The van der Waals surface area contributed by atoms with E-state index in [0.29, 0.717) is 5.75 Å². The summed E-state index contributed by atoms with van der Waals surface area (Å²) in [6.07, 6.45) is 13.6. The molecule has 1 aliphatic rings. The van der Waals surface area contributed by atoms with Gasteiger partial charge in [0.1, 0.15) is 11.6 Å². The number of aliphatic imine (C=N–C) groups is 1. The van der Waals surface area contributed by atoms with E-state index < -0.39 is 0 Å². The van der Waals surface area contributed by atoms with Crippen LogP contribution >= 0.6 is 0 Å². The SMILES string of the molecule is CCCCCCCCCCCCN1CCN=C1c1ccccc1O. The Hall–Kier alpha value is -1.51. The molecule has 1 heterocycles. The third kappa shape index (κ3) is 6.18. The number of hydrogen-bond acceptors (Lipinski definition) is 3. The van der Waals surface area contributed by atoms with Crippen molar-refractivity contribution < 1.29 is 5.11 Å². The second-order valence-corrected chi connectivity index (χ2v) is 6.89. The van der Waals surface area contributed by atoms with E-state index in [-0.39, 0.29) is 0 Å². The molecule has 24 heavy (non-hydrogen) atoms. The third-order valence-corrected chi connectivity index (χ3v) is 4.86. The van der Waals surface area contributed by atoms with E-state index in [0.717, 1.165) is 31.0 Å². The van der Waals surface area contributed by atoms with Gasteiger partial charge in [0.15, 0.2) is 0 Å². The van der Waals surface area contributed by atoms with Crippen LogP contribution in [0.25, 0.3) is 0 Å². The highest BCUT2D eigenvalue weighted by atomic mass is 16.3. The molecule has 0 amide bonds. The van der Waals surface area contributed by atoms with Crippen LogP contribution in [0.2, 0.25) is 0 Å². The van der Waals surface area contributed by atoms with Crippen molar-refractivity contribution in [3.63, 3.8) is 0 Å². The Labute approximate surface area is 147 Å². The average Bonchev–Trinajstić information content (AvgIpc) is 3.05. The number of hydrogen-bond donors (Lipinski definition) is 1. The summed E-state index contributed by atoms with van der Waals surface area (Å²) < 4.78 is 0. The van der Waals surface area contributed by atoms with Gasteiger partial charge >= 0.3 is 0 Å². The fourth-order valence-electron chi connectivity index (χ4n) is 3.41. The zero-order chi connectivity index (χ0) is 17.0. The van der Waals surface area contributed by atoms with E-state index in [1.165, 1.54) is 64.2 Å². The molecule has 0 aliphatic carbocycles. The van der Waals surface area contributed by atoms with Crippen molar-refractivity contribution in [3.05, 3.63) is 29.8 Å². The molecule has 0 unspecified atom stereocenters. The first kappa shape index (κ1) is 18.8. The van der Waals surface area contributed by atoms with Crippen LogP contribution in [-0.2, 0) is 0 Å². The van der Waals surface area contributed by atoms with E-state index in [2.05, 4.69) is 16.8 Å². The highest BCUT2D eigenvalue weighted by molar-refractivity contribution is 6.01. The van der Waals surface area contributed by atoms with E-state index in [1.807, 2.05) is 18.2 Å². The number of aromatic hydroxyl groups is 1. The molecule has 0 saturated carbocycles. The van der Waals surface area contributed by atoms with Gasteiger partial charge in [0.2, 0.25) is 0 Å². The van der Waals surface area contributed by atoms with Crippen molar-refractivity contribution >= 4 is 5.84 Å². The lowest BCUT2D eigenvalue weighted by molar-refractivity contribution is 0.426. The molecule has 0 bridgehead atoms. The Morgan fingerprint density at radius 1 is 0.917 bits per heavy atom. The van der Waals surface area contributed by atoms with Crippen molar-refractivity contribution in [2.45, 2.75) is 71.1 Å². The standard InChI is InChI=1S/C21H34N2O/c1-2-3-4-5-6-7-8-9-10-13-17-23-18-16-22-21(23)19-14-11-12-15-20(19)24/h11-12,14-15,24H,2-10,13,16-18H2,1H3. The van der Waals surface area contributed by atoms with Gasteiger partial charge in [-0.15, -0.1) is 0 Å². The summed E-state index contributed by atoms with van der Waals surface area (Å²) in [5, 5.41) is 10.0. The predicted octanol–water partition coefficient (Wildman–Crippen LogP) is 5.38. The molecule has 3 nitrogen and oxygen atoms in total. The molecular weight excluding hydrogens is 296 g/mol. The van der Waals surface area contributed by atoms with Crippen LogP contribution in [0.3, 0.4) is 0 Å². The van der Waals surface area contributed by atoms with Crippen molar-refractivity contribution in [1.29, 1.82) is 0 Å². The summed E-state index contributed by atoms with van der Waals surface area (Å²) >= 11 is 0. The largest absolute Gasteiger partial charge is 0.507 e. The van der Waals surface area contributed by atoms with Gasteiger partial charge in [-0.2, -0.15) is 0 Å². The zero-order valence-electron chi connectivity index (χ0n) is 15.3. The van der Waals surface area contributed by atoms with E-state index in [1.54, 1.807) is 6.07 Å². The molecule has 134 valence electrons. The lowest BCUT2D eigenvalue weighted by atomic mass is 10.1. The van der Waals surface area contributed by atoms with Gasteiger partial charge < -0.3 is 10.0 Å². The lowest BCUT2D eigenvalue weighted by Crippen LogP contribution is -2.29. The Balaban J connectivity index is 1.58. The van der Waals surface area contributed by atoms with Crippen LogP contribution in [0.4, 0.5) is 0 Å². The minimum atomic E-state index is 0.339. The molecule has 1 aromatic carbocycles. The number of rotatable bonds is 12. The van der Waals surface area contributed by atoms with Crippen molar-refractivity contribution in [2.24, 2.45) is 4.99 Å². The lowest BCUT2D eigenvalue weighted by Gasteiger charge is -2.21. The number of phenolic OH excluding ortho intramolecular Hbond substituents is 1. The molecule has 2 rings (SSSR count). The molecule has 1 aliphatic heterocycles. The predicted molar refractivity (Wildman–Crippen MR) is 103 cm³/mol. The van der Waals surface area contributed by atoms with Gasteiger partial charge in [-0.3, -0.25) is 4.99 Å². The first-order valence-electron chi connectivity index (χ1n) is 9.90. The number of phenols is 1. The Kier molecular flexibility index (Phi) is 8.72. The summed E-state index contributed by atoms with van der Waals surface area (Å²) in [5.74, 6) is 1.32. The second kappa shape index (κ2) is 11.1. The van der Waals surface area contributed by atoms with Crippen molar-refractivity contribution in [3.8, 4) is 5.75 Å². The van der Waals surface area contributed by atoms with Gasteiger partial charge in [0.05, 0.1) is 12.1 Å². The third-order valence-electron chi connectivity index (χ3n) is 4.86. The first-order valence-corrected chi connectivity index (χ1v) is 9.90. The fraction of sp³-hybridized carbons (Fsp3) is 0.667. The topological polar surface area (TPSA) is 35.8 Å². The average molecular weight is 331 g/mol. The summed E-state index contributed by atoms with van der Waals surface area (Å²) in [6.45, 7) is 5.17. The van der Waals surface area contributed by atoms with Gasteiger partial charge in [-0.25, -0.2) is 0 Å². The van der Waals surface area contributed by atoms with Crippen LogP contribution in [0, 0.1) is 0 Å². The maximum atomic E-state index is 10.0. The van der Waals surface area contributed by atoms with Crippen molar-refractivity contribution in [1.82, 2.24) is 4.90 Å². The molecule has 1 aromatic rings. The van der Waals surface area contributed by atoms with Crippen LogP contribution in [0.1, 0.15) is 76.7 Å². The van der Waals surface area contributed by atoms with E-state index >= 15 is 0 Å². The monoisotopic (exact) mass is 330 g/mol. The maximum absolute atomic E-state index is 10.0. The molecule has 3 heteroatoms. The van der Waals surface area contributed by atoms with E-state index in [4.69, 9.17) is 0 Å². The van der Waals surface area contributed by atoms with Gasteiger partial charge in [-0.05, 0) is 18.6 Å². The smallest absolute Gasteiger partial charge is 0.134 e. The Morgan fingerprint density at radius 2 is 1.54 bits per heavy atom. The minimum absolute atomic E-state index is 0.339. The first-order chi connectivity index (χ1) is 11.8. The number of amidine groups is 1. The number of nitrogens with zero attached hydrogens (tertiary/aromatic N) is 2. The molecular formula is C21H34N2O. The molecule has 0 fully saturated rings. The molecule has 0 radical (unpaired) electrons. The number of unbranched alkanes of at least 4 members (excludes halogenated alkanes) is 9. The summed E-state index contributed by atoms with van der Waals surface area (Å²) in [5.41, 5.74) is 0.877. The summed E-state index contributed by atoms with van der Waals surface area (Å²) in [6, 6.07) is 7.54. The van der Waals surface area contributed by atoms with Gasteiger partial charge in [-0.1, -0.05) is 76.8 Å². The number of benzene rings is 1. The highest BCUT2D eigenvalue weighted by Crippen LogP contribution is 2.21. The highest BCUT2D eigenvalue weighted by Gasteiger charge is 2.20. The molecule has 0 atom stereocenters. The summed E-state index contributed by atoms with van der Waals surface area (Å²) in [7, 11) is 0. The second-order valence-electron chi connectivity index (χ2n) is 6.89. The minimum Gasteiger partial charge on any atom is -0.507 e. The normalized spacial score (nSPS) is 14.2. The van der Waals surface area contributed by atoms with Crippen LogP contribution in [0.15, 0.2) is 29.3 Å². The zero-order valence-corrected chi connectivity index (χ0v) is 15.3. The van der Waals surface area contributed by atoms with Crippen LogP contribution in [0.5, 0.6) is 5.75 Å². The van der Waals surface area contributed by atoms with Gasteiger partial charge in [0.25, 0.3) is 0 Å². The number of para-hydroxylation sites is 1. The molecule has 0 spiro atoms. The van der Waals surface area contributed by atoms with Crippen molar-refractivity contribution in [2.75, 3.05) is 19.6 Å².